The lowest BCUT2D eigenvalue weighted by atomic mass is 10.3. The first-order valence-electron chi connectivity index (χ1n) is 6.38. The highest BCUT2D eigenvalue weighted by Crippen LogP contribution is 2.19. The van der Waals surface area contributed by atoms with Gasteiger partial charge in [-0.25, -0.2) is 9.18 Å². The van der Waals surface area contributed by atoms with Crippen LogP contribution in [0.5, 0.6) is 0 Å². The molecule has 0 fully saturated rings. The Balaban J connectivity index is 1.86. The highest BCUT2D eigenvalue weighted by atomic mass is 35.5. The molecule has 3 rings (SSSR count). The Morgan fingerprint density at radius 3 is 2.86 bits per heavy atom. The minimum absolute atomic E-state index is 0.0432. The predicted octanol–water partition coefficient (Wildman–Crippen LogP) is 3.03. The van der Waals surface area contributed by atoms with Gasteiger partial charge in [0.25, 0.3) is 0 Å². The summed E-state index contributed by atoms with van der Waals surface area (Å²) in [5, 5.41) is 2.68. The zero-order valence-corrected chi connectivity index (χ0v) is 11.9. The minimum Gasteiger partial charge on any atom is -0.408 e. The third kappa shape index (κ3) is 2.73. The number of rotatable bonds is 3. The number of benzene rings is 2. The summed E-state index contributed by atoms with van der Waals surface area (Å²) < 4.78 is 19.8. The van der Waals surface area contributed by atoms with Crippen molar-refractivity contribution in [2.45, 2.75) is 6.54 Å². The van der Waals surface area contributed by atoms with E-state index in [-0.39, 0.29) is 12.2 Å². The molecule has 112 valence electrons. The number of nitrogens with zero attached hydrogens (tertiary/aromatic N) is 1. The lowest BCUT2D eigenvalue weighted by Gasteiger charge is -2.07. The molecular weight excluding hydrogens is 311 g/mol. The van der Waals surface area contributed by atoms with E-state index in [1.807, 2.05) is 0 Å². The predicted molar refractivity (Wildman–Crippen MR) is 80.5 cm³/mol. The van der Waals surface area contributed by atoms with Crippen LogP contribution in [0.4, 0.5) is 10.1 Å². The molecule has 1 amide bonds. The molecule has 5 nitrogen and oxygen atoms in total. The Morgan fingerprint density at radius 1 is 1.27 bits per heavy atom. The number of halogens is 2. The number of hydrogen-bond acceptors (Lipinski definition) is 3. The van der Waals surface area contributed by atoms with Gasteiger partial charge in [-0.1, -0.05) is 23.7 Å². The summed E-state index contributed by atoms with van der Waals surface area (Å²) >= 11 is 5.76. The van der Waals surface area contributed by atoms with E-state index in [1.54, 1.807) is 24.3 Å². The Kier molecular flexibility index (Phi) is 3.68. The number of aromatic nitrogens is 1. The van der Waals surface area contributed by atoms with Crippen molar-refractivity contribution < 1.29 is 13.6 Å². The van der Waals surface area contributed by atoms with E-state index in [4.69, 9.17) is 16.0 Å². The zero-order valence-electron chi connectivity index (χ0n) is 11.2. The normalized spacial score (nSPS) is 10.8. The molecule has 0 unspecified atom stereocenters. The van der Waals surface area contributed by atoms with E-state index < -0.39 is 17.5 Å². The fraction of sp³-hybridized carbons (Fsp3) is 0.0667. The van der Waals surface area contributed by atoms with Crippen LogP contribution in [0.15, 0.2) is 51.7 Å². The van der Waals surface area contributed by atoms with Crippen LogP contribution in [0.25, 0.3) is 11.1 Å². The third-order valence-corrected chi connectivity index (χ3v) is 3.31. The number of amides is 1. The zero-order chi connectivity index (χ0) is 15.7. The summed E-state index contributed by atoms with van der Waals surface area (Å²) in [4.78, 5) is 23.8. The van der Waals surface area contributed by atoms with Crippen molar-refractivity contribution >= 4 is 34.3 Å². The highest BCUT2D eigenvalue weighted by Gasteiger charge is 2.13. The quantitative estimate of drug-likeness (QED) is 0.806. The number of anilines is 1. The molecule has 22 heavy (non-hydrogen) atoms. The number of oxazole rings is 1. The second-order valence-electron chi connectivity index (χ2n) is 4.59. The van der Waals surface area contributed by atoms with E-state index in [2.05, 4.69) is 5.32 Å². The van der Waals surface area contributed by atoms with Crippen LogP contribution in [0.1, 0.15) is 0 Å². The Hall–Kier alpha value is -2.60. The molecule has 2 aromatic carbocycles. The van der Waals surface area contributed by atoms with Gasteiger partial charge >= 0.3 is 5.76 Å². The topological polar surface area (TPSA) is 64.2 Å². The van der Waals surface area contributed by atoms with Gasteiger partial charge in [-0.05, 0) is 30.3 Å². The van der Waals surface area contributed by atoms with Gasteiger partial charge in [0.05, 0.1) is 11.2 Å². The van der Waals surface area contributed by atoms with Gasteiger partial charge in [-0.15, -0.1) is 0 Å². The van der Waals surface area contributed by atoms with Gasteiger partial charge in [0, 0.05) is 5.02 Å². The van der Waals surface area contributed by atoms with Crippen LogP contribution in [0.3, 0.4) is 0 Å². The number of carbonyl (C=O) groups excluding carboxylic acids is 1. The summed E-state index contributed by atoms with van der Waals surface area (Å²) in [5.41, 5.74) is 0.835. The van der Waals surface area contributed by atoms with Crippen molar-refractivity contribution in [2.24, 2.45) is 0 Å². The van der Waals surface area contributed by atoms with Crippen LogP contribution < -0.4 is 11.1 Å². The fourth-order valence-electron chi connectivity index (χ4n) is 2.09. The number of hydrogen-bond donors (Lipinski definition) is 1. The van der Waals surface area contributed by atoms with Crippen molar-refractivity contribution in [3.63, 3.8) is 0 Å². The maximum atomic E-state index is 13.6. The summed E-state index contributed by atoms with van der Waals surface area (Å²) in [7, 11) is 0. The molecule has 0 atom stereocenters. The minimum atomic E-state index is -0.650. The molecule has 1 aromatic heterocycles. The van der Waals surface area contributed by atoms with E-state index in [9.17, 15) is 14.0 Å². The molecular formula is C15H10ClFN2O3. The molecule has 0 spiro atoms. The van der Waals surface area contributed by atoms with E-state index >= 15 is 0 Å². The number of fused-ring (bicyclic) bond motifs is 1. The monoisotopic (exact) mass is 320 g/mol. The number of nitrogens with one attached hydrogen (secondary N) is 1. The van der Waals surface area contributed by atoms with Gasteiger partial charge in [0.15, 0.2) is 5.58 Å². The van der Waals surface area contributed by atoms with Crippen molar-refractivity contribution in [3.8, 4) is 0 Å². The highest BCUT2D eigenvalue weighted by molar-refractivity contribution is 6.30. The average molecular weight is 321 g/mol. The molecule has 0 aliphatic heterocycles. The van der Waals surface area contributed by atoms with Crippen LogP contribution in [0, 0.1) is 5.82 Å². The molecule has 7 heteroatoms. The molecule has 3 aromatic rings. The van der Waals surface area contributed by atoms with Crippen LogP contribution in [0.2, 0.25) is 5.02 Å². The largest absolute Gasteiger partial charge is 0.420 e. The Bertz CT molecular complexity index is 917. The molecule has 0 aliphatic carbocycles. The molecule has 0 radical (unpaired) electrons. The second kappa shape index (κ2) is 5.65. The standard InChI is InChI=1S/C15H10ClFN2O3/c16-9-5-6-10(17)11(7-9)18-14(20)8-19-12-3-1-2-4-13(12)22-15(19)21/h1-7H,8H2,(H,18,20). The van der Waals surface area contributed by atoms with Crippen LogP contribution in [-0.2, 0) is 11.3 Å². The van der Waals surface area contributed by atoms with Gasteiger partial charge in [-0.2, -0.15) is 0 Å². The summed E-state index contributed by atoms with van der Waals surface area (Å²) in [6, 6.07) is 10.6. The third-order valence-electron chi connectivity index (χ3n) is 3.08. The smallest absolute Gasteiger partial charge is 0.408 e. The summed E-state index contributed by atoms with van der Waals surface area (Å²) in [6.45, 7) is -0.290. The van der Waals surface area contributed by atoms with Crippen molar-refractivity contribution in [2.75, 3.05) is 5.32 Å². The second-order valence-corrected chi connectivity index (χ2v) is 5.03. The first-order valence-corrected chi connectivity index (χ1v) is 6.75. The first-order chi connectivity index (χ1) is 10.5. The molecule has 1 heterocycles. The van der Waals surface area contributed by atoms with Gasteiger partial charge in [-0.3, -0.25) is 9.36 Å². The number of para-hydroxylation sites is 2. The van der Waals surface area contributed by atoms with E-state index in [1.165, 1.54) is 16.7 Å². The van der Waals surface area contributed by atoms with Gasteiger partial charge < -0.3 is 9.73 Å². The lowest BCUT2D eigenvalue weighted by Crippen LogP contribution is -2.25. The van der Waals surface area contributed by atoms with Crippen molar-refractivity contribution in [1.82, 2.24) is 4.57 Å². The van der Waals surface area contributed by atoms with E-state index in [0.717, 1.165) is 6.07 Å². The molecule has 0 aliphatic rings. The van der Waals surface area contributed by atoms with Crippen molar-refractivity contribution in [3.05, 3.63) is 63.9 Å². The summed E-state index contributed by atoms with van der Waals surface area (Å²) in [6.07, 6.45) is 0. The van der Waals surface area contributed by atoms with Crippen LogP contribution >= 0.6 is 11.6 Å². The fourth-order valence-corrected chi connectivity index (χ4v) is 2.26. The summed E-state index contributed by atoms with van der Waals surface area (Å²) in [5.74, 6) is -1.82. The van der Waals surface area contributed by atoms with E-state index in [0.29, 0.717) is 16.1 Å². The molecule has 0 saturated heterocycles. The maximum Gasteiger partial charge on any atom is 0.420 e. The molecule has 0 saturated carbocycles. The Labute approximate surface area is 128 Å². The lowest BCUT2D eigenvalue weighted by molar-refractivity contribution is -0.116. The average Bonchev–Trinajstić information content (AvgIpc) is 2.79. The first kappa shape index (κ1) is 14.3. The van der Waals surface area contributed by atoms with Crippen molar-refractivity contribution in [1.29, 1.82) is 0 Å². The molecule has 0 bridgehead atoms. The molecule has 1 N–H and O–H groups in total. The SMILES string of the molecule is O=C(Cn1c(=O)oc2ccccc21)Nc1cc(Cl)ccc1F. The maximum absolute atomic E-state index is 13.6. The van der Waals surface area contributed by atoms with Gasteiger partial charge in [0.2, 0.25) is 5.91 Å². The van der Waals surface area contributed by atoms with Crippen LogP contribution in [-0.4, -0.2) is 10.5 Å². The Morgan fingerprint density at radius 2 is 2.05 bits per heavy atom. The number of carbonyl (C=O) groups is 1. The van der Waals surface area contributed by atoms with Gasteiger partial charge in [0.1, 0.15) is 12.4 Å².